The van der Waals surface area contributed by atoms with Crippen molar-refractivity contribution < 1.29 is 13.2 Å². The standard InChI is InChI=1S/C21H29N3O3S/c1-17-9-11-20(12-10-17)28(26,27)24(19-8-5-7-18(2)15-19)16-21(25)22-13-6-14-23(3)4/h5,7-12,15H,6,13-14,16H2,1-4H3,(H,22,25). The number of rotatable bonds is 9. The molecule has 0 unspecified atom stereocenters. The lowest BCUT2D eigenvalue weighted by molar-refractivity contribution is -0.119. The molecule has 152 valence electrons. The van der Waals surface area contributed by atoms with E-state index in [1.54, 1.807) is 42.5 Å². The lowest BCUT2D eigenvalue weighted by Crippen LogP contribution is -2.41. The van der Waals surface area contributed by atoms with Gasteiger partial charge in [-0.3, -0.25) is 9.10 Å². The van der Waals surface area contributed by atoms with E-state index in [0.717, 1.165) is 24.1 Å². The van der Waals surface area contributed by atoms with Gasteiger partial charge in [-0.15, -0.1) is 0 Å². The quantitative estimate of drug-likeness (QED) is 0.654. The van der Waals surface area contributed by atoms with Crippen LogP contribution in [0, 0.1) is 13.8 Å². The molecule has 0 saturated heterocycles. The average Bonchev–Trinajstić information content (AvgIpc) is 2.63. The summed E-state index contributed by atoms with van der Waals surface area (Å²) in [6, 6.07) is 13.8. The minimum atomic E-state index is -3.86. The number of nitrogens with zero attached hydrogens (tertiary/aromatic N) is 2. The number of anilines is 1. The third-order valence-electron chi connectivity index (χ3n) is 4.29. The summed E-state index contributed by atoms with van der Waals surface area (Å²) >= 11 is 0. The highest BCUT2D eigenvalue weighted by molar-refractivity contribution is 7.92. The maximum atomic E-state index is 13.2. The largest absolute Gasteiger partial charge is 0.354 e. The second-order valence-electron chi connectivity index (χ2n) is 7.17. The van der Waals surface area contributed by atoms with Gasteiger partial charge < -0.3 is 10.2 Å². The molecule has 0 radical (unpaired) electrons. The van der Waals surface area contributed by atoms with Gasteiger partial charge in [0.05, 0.1) is 10.6 Å². The summed E-state index contributed by atoms with van der Waals surface area (Å²) in [7, 11) is 0.0729. The van der Waals surface area contributed by atoms with Crippen LogP contribution in [0.15, 0.2) is 53.4 Å². The average molecular weight is 404 g/mol. The molecule has 1 N–H and O–H groups in total. The van der Waals surface area contributed by atoms with Gasteiger partial charge in [0.1, 0.15) is 6.54 Å². The fourth-order valence-corrected chi connectivity index (χ4v) is 4.16. The Morgan fingerprint density at radius 3 is 2.29 bits per heavy atom. The number of sulfonamides is 1. The Labute approximate surface area is 168 Å². The van der Waals surface area contributed by atoms with Crippen molar-refractivity contribution in [2.75, 3.05) is 38.0 Å². The van der Waals surface area contributed by atoms with Crippen molar-refractivity contribution in [1.29, 1.82) is 0 Å². The number of amides is 1. The maximum Gasteiger partial charge on any atom is 0.264 e. The Hall–Kier alpha value is -2.38. The number of carbonyl (C=O) groups excluding carboxylic acids is 1. The zero-order chi connectivity index (χ0) is 20.7. The Balaban J connectivity index is 2.25. The van der Waals surface area contributed by atoms with E-state index in [1.165, 1.54) is 4.31 Å². The van der Waals surface area contributed by atoms with E-state index in [-0.39, 0.29) is 17.3 Å². The van der Waals surface area contributed by atoms with Crippen molar-refractivity contribution >= 4 is 21.6 Å². The molecule has 28 heavy (non-hydrogen) atoms. The van der Waals surface area contributed by atoms with E-state index in [2.05, 4.69) is 5.32 Å². The van der Waals surface area contributed by atoms with Crippen LogP contribution in [0.5, 0.6) is 0 Å². The molecule has 0 heterocycles. The molecule has 0 fully saturated rings. The first-order valence-corrected chi connectivity index (χ1v) is 10.7. The van der Waals surface area contributed by atoms with Crippen LogP contribution in [-0.2, 0) is 14.8 Å². The fourth-order valence-electron chi connectivity index (χ4n) is 2.75. The topological polar surface area (TPSA) is 69.7 Å². The summed E-state index contributed by atoms with van der Waals surface area (Å²) in [6.07, 6.45) is 0.800. The molecule has 0 aliphatic rings. The Bertz CT molecular complexity index is 893. The maximum absolute atomic E-state index is 13.2. The second-order valence-corrected chi connectivity index (χ2v) is 9.03. The van der Waals surface area contributed by atoms with Crippen molar-refractivity contribution in [3.63, 3.8) is 0 Å². The van der Waals surface area contributed by atoms with E-state index in [1.807, 2.05) is 38.9 Å². The van der Waals surface area contributed by atoms with Gasteiger partial charge >= 0.3 is 0 Å². The first-order chi connectivity index (χ1) is 13.2. The molecule has 2 aromatic carbocycles. The van der Waals surface area contributed by atoms with Crippen LogP contribution in [0.2, 0.25) is 0 Å². The fraction of sp³-hybridized carbons (Fsp3) is 0.381. The molecule has 6 nitrogen and oxygen atoms in total. The van der Waals surface area contributed by atoms with Crippen LogP contribution in [0.25, 0.3) is 0 Å². The molecule has 2 rings (SSSR count). The number of hydrogen-bond donors (Lipinski definition) is 1. The molecule has 1 amide bonds. The third kappa shape index (κ3) is 6.07. The molecular weight excluding hydrogens is 374 g/mol. The summed E-state index contributed by atoms with van der Waals surface area (Å²) in [4.78, 5) is 14.7. The summed E-state index contributed by atoms with van der Waals surface area (Å²) < 4.78 is 27.7. The molecule has 0 spiro atoms. The first kappa shape index (κ1) is 21.9. The highest BCUT2D eigenvalue weighted by Gasteiger charge is 2.27. The van der Waals surface area contributed by atoms with E-state index in [4.69, 9.17) is 0 Å². The first-order valence-electron chi connectivity index (χ1n) is 9.27. The van der Waals surface area contributed by atoms with Crippen LogP contribution in [0.4, 0.5) is 5.69 Å². The Morgan fingerprint density at radius 1 is 1.00 bits per heavy atom. The third-order valence-corrected chi connectivity index (χ3v) is 6.08. The van der Waals surface area contributed by atoms with Crippen molar-refractivity contribution in [3.8, 4) is 0 Å². The van der Waals surface area contributed by atoms with Gasteiger partial charge in [0.15, 0.2) is 0 Å². The molecule has 0 atom stereocenters. The molecule has 2 aromatic rings. The summed E-state index contributed by atoms with van der Waals surface area (Å²) in [6.45, 7) is 4.88. The van der Waals surface area contributed by atoms with E-state index in [0.29, 0.717) is 12.2 Å². The molecule has 0 aliphatic heterocycles. The summed E-state index contributed by atoms with van der Waals surface area (Å²) in [5.74, 6) is -0.323. The minimum absolute atomic E-state index is 0.167. The molecule has 0 bridgehead atoms. The molecular formula is C21H29N3O3S. The van der Waals surface area contributed by atoms with Gasteiger partial charge in [-0.05, 0) is 70.7 Å². The smallest absolute Gasteiger partial charge is 0.264 e. The number of nitrogens with one attached hydrogen (secondary N) is 1. The minimum Gasteiger partial charge on any atom is -0.354 e. The molecule has 0 aliphatic carbocycles. The highest BCUT2D eigenvalue weighted by Crippen LogP contribution is 2.24. The van der Waals surface area contributed by atoms with Crippen molar-refractivity contribution in [1.82, 2.24) is 10.2 Å². The van der Waals surface area contributed by atoms with Crippen LogP contribution < -0.4 is 9.62 Å². The van der Waals surface area contributed by atoms with Gasteiger partial charge in [-0.1, -0.05) is 29.8 Å². The van der Waals surface area contributed by atoms with E-state index in [9.17, 15) is 13.2 Å². The number of carbonyl (C=O) groups is 1. The van der Waals surface area contributed by atoms with Gasteiger partial charge in [-0.2, -0.15) is 0 Å². The predicted molar refractivity (Wildman–Crippen MR) is 113 cm³/mol. The SMILES string of the molecule is Cc1ccc(S(=O)(=O)N(CC(=O)NCCCN(C)C)c2cccc(C)c2)cc1. The predicted octanol–water partition coefficient (Wildman–Crippen LogP) is 2.57. The van der Waals surface area contributed by atoms with Crippen molar-refractivity contribution in [2.45, 2.75) is 25.2 Å². The zero-order valence-electron chi connectivity index (χ0n) is 17.0. The van der Waals surface area contributed by atoms with Crippen molar-refractivity contribution in [2.24, 2.45) is 0 Å². The van der Waals surface area contributed by atoms with Gasteiger partial charge in [-0.25, -0.2) is 8.42 Å². The van der Waals surface area contributed by atoms with Crippen molar-refractivity contribution in [3.05, 3.63) is 59.7 Å². The Morgan fingerprint density at radius 2 is 1.68 bits per heavy atom. The normalized spacial score (nSPS) is 11.5. The van der Waals surface area contributed by atoms with Crippen LogP contribution in [0.1, 0.15) is 17.5 Å². The number of hydrogen-bond acceptors (Lipinski definition) is 4. The van der Waals surface area contributed by atoms with Gasteiger partial charge in [0.25, 0.3) is 10.0 Å². The molecule has 0 saturated carbocycles. The number of aryl methyl sites for hydroxylation is 2. The monoisotopic (exact) mass is 403 g/mol. The van der Waals surface area contributed by atoms with E-state index < -0.39 is 10.0 Å². The lowest BCUT2D eigenvalue weighted by atomic mass is 10.2. The van der Waals surface area contributed by atoms with Crippen LogP contribution in [-0.4, -0.2) is 53.0 Å². The lowest BCUT2D eigenvalue weighted by Gasteiger charge is -2.24. The van der Waals surface area contributed by atoms with Crippen LogP contribution >= 0.6 is 0 Å². The van der Waals surface area contributed by atoms with Gasteiger partial charge in [0.2, 0.25) is 5.91 Å². The summed E-state index contributed by atoms with van der Waals surface area (Å²) in [5.41, 5.74) is 2.37. The second kappa shape index (κ2) is 9.71. The molecule has 7 heteroatoms. The van der Waals surface area contributed by atoms with Crippen LogP contribution in [0.3, 0.4) is 0 Å². The van der Waals surface area contributed by atoms with Gasteiger partial charge in [0, 0.05) is 6.54 Å². The van der Waals surface area contributed by atoms with E-state index >= 15 is 0 Å². The molecule has 0 aromatic heterocycles. The Kier molecular flexibility index (Phi) is 7.60. The zero-order valence-corrected chi connectivity index (χ0v) is 17.8. The summed E-state index contributed by atoms with van der Waals surface area (Å²) in [5, 5.41) is 2.81. The highest BCUT2D eigenvalue weighted by atomic mass is 32.2. The number of benzene rings is 2.